The monoisotopic (exact) mass is 283 g/mol. The number of aliphatic carboxylic acids is 1. The van der Waals surface area contributed by atoms with Gasteiger partial charge in [0.25, 0.3) is 0 Å². The number of ether oxygens (including phenoxy) is 1. The lowest BCUT2D eigenvalue weighted by Gasteiger charge is -2.18. The normalized spacial score (nSPS) is 16.7. The number of carbonyl (C=O) groups is 1. The summed E-state index contributed by atoms with van der Waals surface area (Å²) in [6, 6.07) is 0. The number of aromatic nitrogens is 1. The fourth-order valence-corrected chi connectivity index (χ4v) is 3.83. The molecular formula is C14H21NO3S. The molecule has 1 saturated carbocycles. The average Bonchev–Trinajstić information content (AvgIpc) is 2.81. The number of methoxy groups -OCH3 is 1. The highest BCUT2D eigenvalue weighted by molar-refractivity contribution is 7.11. The maximum Gasteiger partial charge on any atom is 0.303 e. The van der Waals surface area contributed by atoms with Gasteiger partial charge in [-0.05, 0) is 19.3 Å². The Balaban J connectivity index is 2.11. The molecule has 0 atom stereocenters. The van der Waals surface area contributed by atoms with Gasteiger partial charge in [0.15, 0.2) is 0 Å². The number of aryl methyl sites for hydroxylation is 1. The quantitative estimate of drug-likeness (QED) is 0.869. The molecule has 1 N–H and O–H groups in total. The highest BCUT2D eigenvalue weighted by Crippen LogP contribution is 2.36. The topological polar surface area (TPSA) is 59.4 Å². The Bertz CT molecular complexity index is 424. The van der Waals surface area contributed by atoms with Gasteiger partial charge in [-0.15, -0.1) is 11.3 Å². The van der Waals surface area contributed by atoms with Crippen molar-refractivity contribution in [2.24, 2.45) is 0 Å². The zero-order chi connectivity index (χ0) is 13.7. The Kier molecular flexibility index (Phi) is 5.34. The van der Waals surface area contributed by atoms with Crippen LogP contribution < -0.4 is 0 Å². The van der Waals surface area contributed by atoms with Crippen LogP contribution in [0.2, 0.25) is 0 Å². The molecule has 2 rings (SSSR count). The Morgan fingerprint density at radius 2 is 2.16 bits per heavy atom. The lowest BCUT2D eigenvalue weighted by atomic mass is 9.90. The average molecular weight is 283 g/mol. The third kappa shape index (κ3) is 4.01. The van der Waals surface area contributed by atoms with Gasteiger partial charge in [-0.2, -0.15) is 0 Å². The number of rotatable bonds is 6. The summed E-state index contributed by atoms with van der Waals surface area (Å²) in [6.07, 6.45) is 7.08. The summed E-state index contributed by atoms with van der Waals surface area (Å²) in [4.78, 5) is 16.5. The van der Waals surface area contributed by atoms with E-state index in [2.05, 4.69) is 0 Å². The largest absolute Gasteiger partial charge is 0.481 e. The van der Waals surface area contributed by atoms with Gasteiger partial charge in [0.2, 0.25) is 0 Å². The zero-order valence-corrected chi connectivity index (χ0v) is 12.2. The second kappa shape index (κ2) is 7.01. The van der Waals surface area contributed by atoms with Crippen molar-refractivity contribution in [3.8, 4) is 0 Å². The van der Waals surface area contributed by atoms with Gasteiger partial charge in [0.05, 0.1) is 23.7 Å². The van der Waals surface area contributed by atoms with E-state index in [4.69, 9.17) is 14.8 Å². The lowest BCUT2D eigenvalue weighted by Crippen LogP contribution is -2.04. The number of carboxylic acid groups (broad SMARTS) is 1. The van der Waals surface area contributed by atoms with Crippen molar-refractivity contribution >= 4 is 17.3 Å². The molecular weight excluding hydrogens is 262 g/mol. The van der Waals surface area contributed by atoms with Gasteiger partial charge in [0, 0.05) is 17.9 Å². The molecule has 1 aliphatic carbocycles. The molecule has 106 valence electrons. The molecule has 1 fully saturated rings. The minimum Gasteiger partial charge on any atom is -0.481 e. The Morgan fingerprint density at radius 1 is 1.42 bits per heavy atom. The Labute approximate surface area is 117 Å². The molecule has 5 heteroatoms. The third-order valence-electron chi connectivity index (χ3n) is 3.60. The van der Waals surface area contributed by atoms with Crippen LogP contribution in [0.15, 0.2) is 0 Å². The molecule has 0 aromatic carbocycles. The molecule has 1 heterocycles. The molecule has 0 saturated heterocycles. The predicted octanol–water partition coefficient (Wildman–Crippen LogP) is 3.35. The molecule has 0 unspecified atom stereocenters. The first-order valence-electron chi connectivity index (χ1n) is 6.90. The molecule has 4 nitrogen and oxygen atoms in total. The van der Waals surface area contributed by atoms with E-state index in [9.17, 15) is 4.79 Å². The number of hydrogen-bond acceptors (Lipinski definition) is 4. The first kappa shape index (κ1) is 14.5. The fourth-order valence-electron chi connectivity index (χ4n) is 2.59. The Hall–Kier alpha value is -0.940. The minimum absolute atomic E-state index is 0.170. The van der Waals surface area contributed by atoms with Crippen molar-refractivity contribution in [3.05, 3.63) is 15.6 Å². The van der Waals surface area contributed by atoms with Crippen molar-refractivity contribution in [2.45, 2.75) is 57.5 Å². The summed E-state index contributed by atoms with van der Waals surface area (Å²) in [6.45, 7) is 0.484. The van der Waals surface area contributed by atoms with Crippen LogP contribution in [0.4, 0.5) is 0 Å². The van der Waals surface area contributed by atoms with Crippen LogP contribution in [0, 0.1) is 0 Å². The molecule has 1 aromatic rings. The molecule has 0 amide bonds. The van der Waals surface area contributed by atoms with E-state index < -0.39 is 5.97 Å². The van der Waals surface area contributed by atoms with Crippen LogP contribution in [0.25, 0.3) is 0 Å². The smallest absolute Gasteiger partial charge is 0.303 e. The molecule has 0 aliphatic heterocycles. The van der Waals surface area contributed by atoms with Crippen LogP contribution in [-0.4, -0.2) is 23.2 Å². The van der Waals surface area contributed by atoms with Crippen molar-refractivity contribution in [2.75, 3.05) is 7.11 Å². The predicted molar refractivity (Wildman–Crippen MR) is 74.6 cm³/mol. The summed E-state index contributed by atoms with van der Waals surface area (Å²) >= 11 is 1.69. The van der Waals surface area contributed by atoms with Crippen LogP contribution in [0.3, 0.4) is 0 Å². The Morgan fingerprint density at radius 3 is 2.79 bits per heavy atom. The number of carboxylic acids is 1. The fraction of sp³-hybridized carbons (Fsp3) is 0.714. The van der Waals surface area contributed by atoms with Gasteiger partial charge >= 0.3 is 5.97 Å². The lowest BCUT2D eigenvalue weighted by molar-refractivity contribution is -0.136. The summed E-state index contributed by atoms with van der Waals surface area (Å²) in [5.41, 5.74) is 0.939. The minimum atomic E-state index is -0.754. The van der Waals surface area contributed by atoms with Crippen LogP contribution in [0.1, 0.15) is 60.0 Å². The molecule has 0 spiro atoms. The zero-order valence-electron chi connectivity index (χ0n) is 11.4. The second-order valence-electron chi connectivity index (χ2n) is 5.08. The van der Waals surface area contributed by atoms with E-state index >= 15 is 0 Å². The van der Waals surface area contributed by atoms with Crippen LogP contribution >= 0.6 is 11.3 Å². The first-order chi connectivity index (χ1) is 9.20. The maximum atomic E-state index is 10.7. The highest BCUT2D eigenvalue weighted by atomic mass is 32.1. The summed E-state index contributed by atoms with van der Waals surface area (Å²) < 4.78 is 5.17. The molecule has 1 aromatic heterocycles. The van der Waals surface area contributed by atoms with E-state index in [0.717, 1.165) is 10.6 Å². The van der Waals surface area contributed by atoms with Gasteiger partial charge < -0.3 is 9.84 Å². The van der Waals surface area contributed by atoms with Crippen LogP contribution in [0.5, 0.6) is 0 Å². The van der Waals surface area contributed by atoms with E-state index in [0.29, 0.717) is 18.9 Å². The number of thiazole rings is 1. The first-order valence-corrected chi connectivity index (χ1v) is 7.71. The number of hydrogen-bond donors (Lipinski definition) is 1. The van der Waals surface area contributed by atoms with Crippen molar-refractivity contribution in [1.82, 2.24) is 4.98 Å². The third-order valence-corrected chi connectivity index (χ3v) is 4.92. The van der Waals surface area contributed by atoms with Gasteiger partial charge in [-0.3, -0.25) is 4.79 Å². The van der Waals surface area contributed by atoms with E-state index in [-0.39, 0.29) is 6.42 Å². The number of nitrogens with zero attached hydrogens (tertiary/aromatic N) is 1. The van der Waals surface area contributed by atoms with Crippen molar-refractivity contribution < 1.29 is 14.6 Å². The molecule has 0 bridgehead atoms. The maximum absolute atomic E-state index is 10.7. The van der Waals surface area contributed by atoms with Crippen molar-refractivity contribution in [3.63, 3.8) is 0 Å². The molecule has 0 radical (unpaired) electrons. The van der Waals surface area contributed by atoms with Crippen LogP contribution in [-0.2, 0) is 22.6 Å². The van der Waals surface area contributed by atoms with Gasteiger partial charge in [0.1, 0.15) is 0 Å². The van der Waals surface area contributed by atoms with E-state index in [1.165, 1.54) is 37.1 Å². The summed E-state index contributed by atoms with van der Waals surface area (Å²) in [7, 11) is 1.65. The second-order valence-corrected chi connectivity index (χ2v) is 6.20. The standard InChI is InChI=1S/C14H21NO3S/c1-18-9-11-12(7-8-13(16)17)19-14(15-11)10-5-3-2-4-6-10/h10H,2-9H2,1H3,(H,16,17). The van der Waals surface area contributed by atoms with Gasteiger partial charge in [-0.1, -0.05) is 19.3 Å². The summed E-state index contributed by atoms with van der Waals surface area (Å²) in [5, 5.41) is 9.99. The van der Waals surface area contributed by atoms with Gasteiger partial charge in [-0.25, -0.2) is 4.98 Å². The molecule has 19 heavy (non-hydrogen) atoms. The van der Waals surface area contributed by atoms with E-state index in [1.807, 2.05) is 0 Å². The van der Waals surface area contributed by atoms with Crippen molar-refractivity contribution in [1.29, 1.82) is 0 Å². The van der Waals surface area contributed by atoms with E-state index in [1.54, 1.807) is 18.4 Å². The molecule has 1 aliphatic rings. The summed E-state index contributed by atoms with van der Waals surface area (Å²) in [5.74, 6) is -0.177. The SMILES string of the molecule is COCc1nc(C2CCCCC2)sc1CCC(=O)O. The highest BCUT2D eigenvalue weighted by Gasteiger charge is 2.21.